The average Bonchev–Trinajstić information content (AvgIpc) is 2.79. The third-order valence-corrected chi connectivity index (χ3v) is 4.16. The summed E-state index contributed by atoms with van der Waals surface area (Å²) < 4.78 is 5.61. The SMILES string of the molecule is CB1OCc2ccc(NCc3ccc(Cl)cc3Cl)cc21. The van der Waals surface area contributed by atoms with Crippen LogP contribution in [0.5, 0.6) is 0 Å². The van der Waals surface area contributed by atoms with E-state index in [1.165, 1.54) is 11.0 Å². The van der Waals surface area contributed by atoms with Gasteiger partial charge in [0.15, 0.2) is 0 Å². The maximum absolute atomic E-state index is 6.17. The molecule has 102 valence electrons. The molecule has 0 atom stereocenters. The smallest absolute Gasteiger partial charge is 0.324 e. The molecule has 1 aliphatic rings. The van der Waals surface area contributed by atoms with E-state index in [0.717, 1.165) is 11.3 Å². The Balaban J connectivity index is 1.74. The summed E-state index contributed by atoms with van der Waals surface area (Å²) in [5.74, 6) is 0. The second kappa shape index (κ2) is 5.68. The Hall–Kier alpha value is -1.16. The van der Waals surface area contributed by atoms with E-state index < -0.39 is 0 Å². The van der Waals surface area contributed by atoms with Gasteiger partial charge < -0.3 is 9.97 Å². The first-order valence-corrected chi connectivity index (χ1v) is 7.31. The van der Waals surface area contributed by atoms with Crippen LogP contribution >= 0.6 is 23.2 Å². The molecule has 0 aromatic heterocycles. The Morgan fingerprint density at radius 1 is 1.20 bits per heavy atom. The minimum absolute atomic E-state index is 0.172. The summed E-state index contributed by atoms with van der Waals surface area (Å²) in [7, 11) is 0. The number of hydrogen-bond acceptors (Lipinski definition) is 2. The summed E-state index contributed by atoms with van der Waals surface area (Å²) >= 11 is 12.1. The molecule has 0 saturated heterocycles. The Labute approximate surface area is 129 Å². The summed E-state index contributed by atoms with van der Waals surface area (Å²) in [5, 5.41) is 4.73. The molecular weight excluding hydrogens is 292 g/mol. The van der Waals surface area contributed by atoms with E-state index in [0.29, 0.717) is 23.2 Å². The molecule has 5 heteroatoms. The number of nitrogens with one attached hydrogen (secondary N) is 1. The van der Waals surface area contributed by atoms with Gasteiger partial charge in [0.1, 0.15) is 0 Å². The maximum atomic E-state index is 6.17. The fourth-order valence-corrected chi connectivity index (χ4v) is 2.86. The van der Waals surface area contributed by atoms with Crippen LogP contribution in [-0.4, -0.2) is 6.92 Å². The third kappa shape index (κ3) is 2.80. The summed E-state index contributed by atoms with van der Waals surface area (Å²) in [6, 6.07) is 11.9. The molecule has 1 heterocycles. The molecule has 2 nitrogen and oxygen atoms in total. The fraction of sp³-hybridized carbons (Fsp3) is 0.200. The normalized spacial score (nSPS) is 13.4. The molecule has 0 fully saturated rings. The largest absolute Gasteiger partial charge is 0.427 e. The molecule has 0 spiro atoms. The highest BCUT2D eigenvalue weighted by atomic mass is 35.5. The van der Waals surface area contributed by atoms with E-state index >= 15 is 0 Å². The van der Waals surface area contributed by atoms with E-state index in [1.807, 2.05) is 12.1 Å². The van der Waals surface area contributed by atoms with Gasteiger partial charge >= 0.3 is 6.92 Å². The van der Waals surface area contributed by atoms with Crippen molar-refractivity contribution in [1.82, 2.24) is 0 Å². The van der Waals surface area contributed by atoms with Crippen LogP contribution in [0.3, 0.4) is 0 Å². The van der Waals surface area contributed by atoms with Crippen molar-refractivity contribution in [3.8, 4) is 0 Å². The number of anilines is 1. The van der Waals surface area contributed by atoms with Crippen LogP contribution in [0.15, 0.2) is 36.4 Å². The summed E-state index contributed by atoms with van der Waals surface area (Å²) in [4.78, 5) is 0. The molecule has 2 aromatic rings. The highest BCUT2D eigenvalue weighted by Gasteiger charge is 2.23. The van der Waals surface area contributed by atoms with Crippen LogP contribution in [0, 0.1) is 0 Å². The zero-order chi connectivity index (χ0) is 14.1. The van der Waals surface area contributed by atoms with Crippen molar-refractivity contribution in [3.05, 3.63) is 57.6 Å². The fourth-order valence-electron chi connectivity index (χ4n) is 2.38. The van der Waals surface area contributed by atoms with Gasteiger partial charge in [-0.25, -0.2) is 0 Å². The number of rotatable bonds is 3. The lowest BCUT2D eigenvalue weighted by molar-refractivity contribution is 0.333. The lowest BCUT2D eigenvalue weighted by Gasteiger charge is -2.10. The van der Waals surface area contributed by atoms with Gasteiger partial charge in [0, 0.05) is 22.3 Å². The van der Waals surface area contributed by atoms with Crippen molar-refractivity contribution in [2.75, 3.05) is 5.32 Å². The van der Waals surface area contributed by atoms with Crippen LogP contribution in [0.1, 0.15) is 11.1 Å². The van der Waals surface area contributed by atoms with Gasteiger partial charge in [-0.05, 0) is 40.9 Å². The second-order valence-electron chi connectivity index (χ2n) is 4.96. The highest BCUT2D eigenvalue weighted by molar-refractivity contribution is 6.67. The van der Waals surface area contributed by atoms with E-state index in [9.17, 15) is 0 Å². The molecule has 1 aliphatic heterocycles. The summed E-state index contributed by atoms with van der Waals surface area (Å²) in [6.07, 6.45) is 0. The van der Waals surface area contributed by atoms with Crippen LogP contribution in [0.4, 0.5) is 5.69 Å². The van der Waals surface area contributed by atoms with Crippen LogP contribution in [0.25, 0.3) is 0 Å². The molecule has 2 aromatic carbocycles. The Kier molecular flexibility index (Phi) is 3.93. The molecule has 0 saturated carbocycles. The monoisotopic (exact) mass is 305 g/mol. The highest BCUT2D eigenvalue weighted by Crippen LogP contribution is 2.22. The topological polar surface area (TPSA) is 21.3 Å². The lowest BCUT2D eigenvalue weighted by Crippen LogP contribution is -2.24. The Morgan fingerprint density at radius 2 is 2.05 bits per heavy atom. The van der Waals surface area contributed by atoms with Crippen molar-refractivity contribution >= 4 is 41.3 Å². The quantitative estimate of drug-likeness (QED) is 0.867. The number of benzene rings is 2. The summed E-state index contributed by atoms with van der Waals surface area (Å²) in [5.41, 5.74) is 4.64. The number of fused-ring (bicyclic) bond motifs is 1. The molecule has 0 unspecified atom stereocenters. The Morgan fingerprint density at radius 3 is 2.85 bits per heavy atom. The third-order valence-electron chi connectivity index (χ3n) is 3.57. The molecule has 0 bridgehead atoms. The number of hydrogen-bond donors (Lipinski definition) is 1. The van der Waals surface area contributed by atoms with Crippen molar-refractivity contribution in [1.29, 1.82) is 0 Å². The van der Waals surface area contributed by atoms with Crippen LogP contribution < -0.4 is 10.8 Å². The zero-order valence-corrected chi connectivity index (χ0v) is 12.6. The predicted octanol–water partition coefficient (Wildman–Crippen LogP) is 3.96. The van der Waals surface area contributed by atoms with Crippen molar-refractivity contribution in [3.63, 3.8) is 0 Å². The molecule has 0 aliphatic carbocycles. The van der Waals surface area contributed by atoms with Gasteiger partial charge in [-0.3, -0.25) is 0 Å². The standard InChI is InChI=1S/C15H14BCl2NO/c1-16-14-7-13(5-3-11(14)9-20-16)19-8-10-2-4-12(17)6-15(10)18/h2-7,19H,8-9H2,1H3. The first-order valence-electron chi connectivity index (χ1n) is 6.56. The first-order chi connectivity index (χ1) is 9.63. The molecule has 3 rings (SSSR count). The lowest BCUT2D eigenvalue weighted by atomic mass is 9.64. The van der Waals surface area contributed by atoms with E-state index in [-0.39, 0.29) is 6.92 Å². The molecule has 20 heavy (non-hydrogen) atoms. The van der Waals surface area contributed by atoms with Gasteiger partial charge in [0.05, 0.1) is 6.61 Å². The average molecular weight is 306 g/mol. The minimum atomic E-state index is 0.172. The second-order valence-corrected chi connectivity index (χ2v) is 5.80. The molecule has 0 radical (unpaired) electrons. The van der Waals surface area contributed by atoms with Crippen LogP contribution in [-0.2, 0) is 17.8 Å². The van der Waals surface area contributed by atoms with E-state index in [4.69, 9.17) is 27.9 Å². The maximum Gasteiger partial charge on any atom is 0.324 e. The van der Waals surface area contributed by atoms with Crippen molar-refractivity contribution < 1.29 is 4.65 Å². The predicted molar refractivity (Wildman–Crippen MR) is 86.3 cm³/mol. The molecular formula is C15H14BCl2NO. The van der Waals surface area contributed by atoms with Gasteiger partial charge in [0.2, 0.25) is 0 Å². The number of halogens is 2. The van der Waals surface area contributed by atoms with E-state index in [1.54, 1.807) is 6.07 Å². The molecule has 0 amide bonds. The first kappa shape index (κ1) is 13.8. The van der Waals surface area contributed by atoms with E-state index in [2.05, 4.69) is 30.3 Å². The van der Waals surface area contributed by atoms with Gasteiger partial charge in [-0.15, -0.1) is 0 Å². The van der Waals surface area contributed by atoms with Gasteiger partial charge in [-0.1, -0.05) is 42.2 Å². The van der Waals surface area contributed by atoms with Crippen LogP contribution in [0.2, 0.25) is 16.9 Å². The van der Waals surface area contributed by atoms with Gasteiger partial charge in [0.25, 0.3) is 0 Å². The Bertz CT molecular complexity index is 648. The summed E-state index contributed by atoms with van der Waals surface area (Å²) in [6.45, 7) is 3.63. The zero-order valence-electron chi connectivity index (χ0n) is 11.1. The van der Waals surface area contributed by atoms with Gasteiger partial charge in [-0.2, -0.15) is 0 Å². The minimum Gasteiger partial charge on any atom is -0.427 e. The van der Waals surface area contributed by atoms with Crippen molar-refractivity contribution in [2.45, 2.75) is 20.0 Å². The van der Waals surface area contributed by atoms with Crippen molar-refractivity contribution in [2.24, 2.45) is 0 Å². The molecule has 1 N–H and O–H groups in total.